The maximum Gasteiger partial charge on any atom is 0.240 e. The zero-order valence-corrected chi connectivity index (χ0v) is 11.6. The second-order valence-electron chi connectivity index (χ2n) is 5.25. The molecule has 15 heavy (non-hydrogen) atoms. The Balaban J connectivity index is 2.48. The third-order valence-corrected chi connectivity index (χ3v) is 8.47. The Bertz CT molecular complexity index is 156. The van der Waals surface area contributed by atoms with E-state index in [1.807, 2.05) is 0 Å². The van der Waals surface area contributed by atoms with Crippen LogP contribution < -0.4 is 0 Å². The molecule has 1 nitrogen and oxygen atoms in total. The van der Waals surface area contributed by atoms with E-state index >= 15 is 0 Å². The molecule has 0 spiro atoms. The van der Waals surface area contributed by atoms with Crippen LogP contribution >= 0.6 is 0 Å². The van der Waals surface area contributed by atoms with Gasteiger partial charge in [0.25, 0.3) is 0 Å². The van der Waals surface area contributed by atoms with Crippen molar-refractivity contribution in [2.24, 2.45) is 0 Å². The summed E-state index contributed by atoms with van der Waals surface area (Å²) >= 11 is 0. The van der Waals surface area contributed by atoms with E-state index in [9.17, 15) is 4.80 Å². The Morgan fingerprint density at radius 3 is 1.87 bits per heavy atom. The predicted octanol–water partition coefficient (Wildman–Crippen LogP) is 4.91. The van der Waals surface area contributed by atoms with Gasteiger partial charge in [0.05, 0.1) is 0 Å². The first-order valence-corrected chi connectivity index (χ1v) is 9.33. The molecule has 0 aromatic carbocycles. The summed E-state index contributed by atoms with van der Waals surface area (Å²) in [7, 11) is -2.11. The molecule has 0 unspecified atom stereocenters. The van der Waals surface area contributed by atoms with Crippen LogP contribution in [0.4, 0.5) is 0 Å². The summed E-state index contributed by atoms with van der Waals surface area (Å²) in [6.45, 7) is 4.42. The summed E-state index contributed by atoms with van der Waals surface area (Å²) in [5.41, 5.74) is 0.635. The van der Waals surface area contributed by atoms with Crippen LogP contribution in [0.2, 0.25) is 17.6 Å². The Labute approximate surface area is 96.4 Å². The van der Waals surface area contributed by atoms with Gasteiger partial charge in [-0.2, -0.15) is 0 Å². The molecule has 1 aliphatic carbocycles. The second-order valence-corrected chi connectivity index (χ2v) is 9.20. The lowest BCUT2D eigenvalue weighted by Crippen LogP contribution is -2.37. The molecule has 0 aliphatic heterocycles. The zero-order chi connectivity index (χ0) is 11.1. The van der Waals surface area contributed by atoms with E-state index in [4.69, 9.17) is 0 Å². The standard InChI is InChI=1S/C13H27OSi/c1-3-5-11-15(14,12-6-4-2)13-9-7-8-10-13/h13H,3-12H2,1-2H3. The first kappa shape index (κ1) is 13.2. The normalized spacial score (nSPS) is 18.6. The summed E-state index contributed by atoms with van der Waals surface area (Å²) in [6.07, 6.45) is 9.99. The summed E-state index contributed by atoms with van der Waals surface area (Å²) in [4.78, 5) is 13.0. The fourth-order valence-corrected chi connectivity index (χ4v) is 7.37. The van der Waals surface area contributed by atoms with Gasteiger partial charge >= 0.3 is 0 Å². The van der Waals surface area contributed by atoms with E-state index in [0.29, 0.717) is 5.54 Å². The number of hydrogen-bond donors (Lipinski definition) is 0. The maximum atomic E-state index is 13.0. The van der Waals surface area contributed by atoms with Crippen molar-refractivity contribution in [1.29, 1.82) is 0 Å². The fraction of sp³-hybridized carbons (Fsp3) is 1.00. The second kappa shape index (κ2) is 6.69. The highest BCUT2D eigenvalue weighted by molar-refractivity contribution is 6.73. The lowest BCUT2D eigenvalue weighted by atomic mass is 10.4. The molecule has 0 aromatic heterocycles. The molecule has 0 amide bonds. The van der Waals surface area contributed by atoms with Crippen LogP contribution in [-0.4, -0.2) is 8.32 Å². The molecule has 0 saturated heterocycles. The number of hydrogen-bond acceptors (Lipinski definition) is 0. The average molecular weight is 227 g/mol. The fourth-order valence-electron chi connectivity index (χ4n) is 2.94. The van der Waals surface area contributed by atoms with Crippen LogP contribution in [0.25, 0.3) is 0 Å². The van der Waals surface area contributed by atoms with Gasteiger partial charge in [0.15, 0.2) is 0 Å². The Hall–Kier alpha value is 0.177. The van der Waals surface area contributed by atoms with Crippen molar-refractivity contribution in [1.82, 2.24) is 0 Å². The van der Waals surface area contributed by atoms with E-state index in [-0.39, 0.29) is 0 Å². The van der Waals surface area contributed by atoms with Crippen LogP contribution in [0, 0.1) is 0 Å². The first-order chi connectivity index (χ1) is 7.23. The topological polar surface area (TPSA) is 19.9 Å². The molecule has 0 aromatic rings. The average Bonchev–Trinajstić information content (AvgIpc) is 2.77. The lowest BCUT2D eigenvalue weighted by molar-refractivity contribution is 0.386. The molecule has 1 fully saturated rings. The summed E-state index contributed by atoms with van der Waals surface area (Å²) in [5.74, 6) is 0. The minimum absolute atomic E-state index is 0.635. The van der Waals surface area contributed by atoms with E-state index in [0.717, 1.165) is 12.1 Å². The lowest BCUT2D eigenvalue weighted by Gasteiger charge is -2.28. The van der Waals surface area contributed by atoms with Gasteiger partial charge in [0.1, 0.15) is 0 Å². The molecule has 0 heterocycles. The highest BCUT2D eigenvalue weighted by Gasteiger charge is 2.42. The third kappa shape index (κ3) is 3.91. The Morgan fingerprint density at radius 1 is 1.00 bits per heavy atom. The summed E-state index contributed by atoms with van der Waals surface area (Å²) in [5, 5.41) is 0. The van der Waals surface area contributed by atoms with Crippen molar-refractivity contribution in [2.75, 3.05) is 0 Å². The molecule has 0 N–H and O–H groups in total. The molecule has 89 valence electrons. The van der Waals surface area contributed by atoms with Crippen LogP contribution in [0.3, 0.4) is 0 Å². The highest BCUT2D eigenvalue weighted by Crippen LogP contribution is 2.42. The molecular weight excluding hydrogens is 200 g/mol. The molecular formula is C13H27OSi. The van der Waals surface area contributed by atoms with Crippen LogP contribution in [0.1, 0.15) is 65.2 Å². The quantitative estimate of drug-likeness (QED) is 0.551. The van der Waals surface area contributed by atoms with E-state index < -0.39 is 8.32 Å². The van der Waals surface area contributed by atoms with Gasteiger partial charge in [-0.25, -0.2) is 0 Å². The highest BCUT2D eigenvalue weighted by atomic mass is 28.4. The van der Waals surface area contributed by atoms with E-state index in [1.54, 1.807) is 0 Å². The number of rotatable bonds is 7. The zero-order valence-electron chi connectivity index (χ0n) is 10.6. The molecule has 1 radical (unpaired) electrons. The van der Waals surface area contributed by atoms with Gasteiger partial charge in [0.2, 0.25) is 8.32 Å². The minimum Gasteiger partial charge on any atom is -0.297 e. The molecule has 0 atom stereocenters. The van der Waals surface area contributed by atoms with E-state index in [1.165, 1.54) is 51.4 Å². The first-order valence-electron chi connectivity index (χ1n) is 6.93. The van der Waals surface area contributed by atoms with Gasteiger partial charge in [0, 0.05) is 0 Å². The smallest absolute Gasteiger partial charge is 0.240 e. The summed E-state index contributed by atoms with van der Waals surface area (Å²) in [6, 6.07) is 2.13. The third-order valence-electron chi connectivity index (χ3n) is 4.01. The van der Waals surface area contributed by atoms with Crippen LogP contribution in [-0.2, 0) is 4.80 Å². The van der Waals surface area contributed by atoms with Crippen molar-refractivity contribution in [3.05, 3.63) is 0 Å². The molecule has 2 heteroatoms. The van der Waals surface area contributed by atoms with Gasteiger partial charge < -0.3 is 0 Å². The number of unbranched alkanes of at least 4 members (excludes halogenated alkanes) is 2. The molecule has 1 rings (SSSR count). The molecule has 1 aliphatic rings. The molecule has 0 bridgehead atoms. The van der Waals surface area contributed by atoms with Crippen molar-refractivity contribution in [3.63, 3.8) is 0 Å². The SMILES string of the molecule is CCCC[Si]([O])(CCCC)C1CCCC1. The van der Waals surface area contributed by atoms with Gasteiger partial charge in [-0.1, -0.05) is 65.2 Å². The van der Waals surface area contributed by atoms with Crippen LogP contribution in [0.5, 0.6) is 0 Å². The summed E-state index contributed by atoms with van der Waals surface area (Å²) < 4.78 is 0. The monoisotopic (exact) mass is 227 g/mol. The van der Waals surface area contributed by atoms with Crippen molar-refractivity contribution < 1.29 is 4.80 Å². The van der Waals surface area contributed by atoms with Gasteiger partial charge in [-0.15, -0.1) is 0 Å². The molecule has 1 saturated carbocycles. The van der Waals surface area contributed by atoms with Gasteiger partial charge in [-0.05, 0) is 17.6 Å². The largest absolute Gasteiger partial charge is 0.297 e. The van der Waals surface area contributed by atoms with Crippen molar-refractivity contribution in [3.8, 4) is 0 Å². The van der Waals surface area contributed by atoms with Crippen LogP contribution in [0.15, 0.2) is 0 Å². The van der Waals surface area contributed by atoms with Gasteiger partial charge in [-0.3, -0.25) is 4.80 Å². The van der Waals surface area contributed by atoms with Crippen molar-refractivity contribution in [2.45, 2.75) is 82.8 Å². The Kier molecular flexibility index (Phi) is 5.91. The Morgan fingerprint density at radius 2 is 1.47 bits per heavy atom. The van der Waals surface area contributed by atoms with E-state index in [2.05, 4.69) is 13.8 Å². The van der Waals surface area contributed by atoms with Crippen molar-refractivity contribution >= 4 is 8.32 Å². The minimum atomic E-state index is -2.11. The predicted molar refractivity (Wildman–Crippen MR) is 68.1 cm³/mol. The maximum absolute atomic E-state index is 13.0.